The first-order chi connectivity index (χ1) is 14.3. The molecule has 2 aromatic carbocycles. The van der Waals surface area contributed by atoms with E-state index in [2.05, 4.69) is 6.58 Å². The summed E-state index contributed by atoms with van der Waals surface area (Å²) in [4.78, 5) is 15.1. The van der Waals surface area contributed by atoms with Gasteiger partial charge in [-0.25, -0.2) is 8.42 Å². The van der Waals surface area contributed by atoms with Crippen LogP contribution in [0.1, 0.15) is 35.3 Å². The first-order valence-corrected chi connectivity index (χ1v) is 11.4. The Balaban J connectivity index is 2.38. The standard InChI is InChI=1S/C23H30N2O4S/c1-6-15-24(17-19-10-12-20(29-5)13-11-19)23(26)22-16-21(14-9-18(22)4)30(27,28)25(7-2)8-3/h6,9-14,16H,1,7-8,15,17H2,2-5H3. The van der Waals surface area contributed by atoms with Crippen LogP contribution in [0.15, 0.2) is 60.0 Å². The minimum Gasteiger partial charge on any atom is -0.497 e. The van der Waals surface area contributed by atoms with E-state index in [-0.39, 0.29) is 10.8 Å². The van der Waals surface area contributed by atoms with Crippen molar-refractivity contribution in [2.75, 3.05) is 26.7 Å². The molecule has 0 aliphatic heterocycles. The van der Waals surface area contributed by atoms with Gasteiger partial charge in [-0.3, -0.25) is 4.79 Å². The first kappa shape index (κ1) is 23.6. The maximum atomic E-state index is 13.3. The Bertz CT molecular complexity index is 981. The van der Waals surface area contributed by atoms with Crippen LogP contribution in [-0.4, -0.2) is 50.3 Å². The zero-order valence-corrected chi connectivity index (χ0v) is 18.9. The van der Waals surface area contributed by atoms with Gasteiger partial charge in [-0.15, -0.1) is 6.58 Å². The van der Waals surface area contributed by atoms with Crippen molar-refractivity contribution in [1.82, 2.24) is 9.21 Å². The Labute approximate surface area is 179 Å². The van der Waals surface area contributed by atoms with Gasteiger partial charge in [0.05, 0.1) is 12.0 Å². The van der Waals surface area contributed by atoms with Crippen LogP contribution in [0.4, 0.5) is 0 Å². The van der Waals surface area contributed by atoms with Crippen LogP contribution in [0, 0.1) is 6.92 Å². The molecule has 0 spiro atoms. The molecule has 0 aromatic heterocycles. The summed E-state index contributed by atoms with van der Waals surface area (Å²) in [6, 6.07) is 12.2. The van der Waals surface area contributed by atoms with E-state index in [1.165, 1.54) is 10.4 Å². The highest BCUT2D eigenvalue weighted by Gasteiger charge is 2.25. The van der Waals surface area contributed by atoms with Crippen molar-refractivity contribution < 1.29 is 17.9 Å². The number of aryl methyl sites for hydroxylation is 1. The van der Waals surface area contributed by atoms with Crippen molar-refractivity contribution in [1.29, 1.82) is 0 Å². The number of rotatable bonds is 10. The molecule has 0 aliphatic carbocycles. The molecule has 0 aliphatic rings. The van der Waals surface area contributed by atoms with Crippen LogP contribution < -0.4 is 4.74 Å². The predicted molar refractivity (Wildman–Crippen MR) is 119 cm³/mol. The first-order valence-electron chi connectivity index (χ1n) is 9.92. The summed E-state index contributed by atoms with van der Waals surface area (Å²) < 4.78 is 32.4. The predicted octanol–water partition coefficient (Wildman–Crippen LogP) is 3.86. The molecule has 0 N–H and O–H groups in total. The molecule has 2 aromatic rings. The van der Waals surface area contributed by atoms with Gasteiger partial charge in [0, 0.05) is 31.7 Å². The van der Waals surface area contributed by atoms with Crippen LogP contribution in [-0.2, 0) is 16.6 Å². The van der Waals surface area contributed by atoms with Crippen molar-refractivity contribution in [3.8, 4) is 5.75 Å². The topological polar surface area (TPSA) is 66.9 Å². The van der Waals surface area contributed by atoms with Gasteiger partial charge in [0.15, 0.2) is 0 Å². The van der Waals surface area contributed by atoms with Gasteiger partial charge in [0.2, 0.25) is 10.0 Å². The maximum absolute atomic E-state index is 13.3. The van der Waals surface area contributed by atoms with E-state index in [1.807, 2.05) is 24.3 Å². The lowest BCUT2D eigenvalue weighted by molar-refractivity contribution is 0.0761. The highest BCUT2D eigenvalue weighted by atomic mass is 32.2. The fourth-order valence-corrected chi connectivity index (χ4v) is 4.69. The molecule has 162 valence electrons. The largest absolute Gasteiger partial charge is 0.497 e. The SMILES string of the molecule is C=CCN(Cc1ccc(OC)cc1)C(=O)c1cc(S(=O)(=O)N(CC)CC)ccc1C. The number of nitrogens with zero attached hydrogens (tertiary/aromatic N) is 2. The summed E-state index contributed by atoms with van der Waals surface area (Å²) in [7, 11) is -2.05. The number of sulfonamides is 1. The molecule has 0 saturated carbocycles. The van der Waals surface area contributed by atoms with Crippen LogP contribution >= 0.6 is 0 Å². The zero-order valence-electron chi connectivity index (χ0n) is 18.1. The number of hydrogen-bond donors (Lipinski definition) is 0. The summed E-state index contributed by atoms with van der Waals surface area (Å²) in [6.07, 6.45) is 1.66. The van der Waals surface area contributed by atoms with Gasteiger partial charge in [-0.05, 0) is 42.3 Å². The highest BCUT2D eigenvalue weighted by Crippen LogP contribution is 2.22. The minimum absolute atomic E-state index is 0.128. The van der Waals surface area contributed by atoms with E-state index in [0.717, 1.165) is 16.9 Å². The summed E-state index contributed by atoms with van der Waals surface area (Å²) in [6.45, 7) is 10.6. The molecular formula is C23H30N2O4S. The molecule has 0 fully saturated rings. The Hall–Kier alpha value is -2.64. The van der Waals surface area contributed by atoms with E-state index >= 15 is 0 Å². The molecular weight excluding hydrogens is 400 g/mol. The molecule has 0 radical (unpaired) electrons. The lowest BCUT2D eigenvalue weighted by Gasteiger charge is -2.23. The van der Waals surface area contributed by atoms with Crippen LogP contribution in [0.25, 0.3) is 0 Å². The minimum atomic E-state index is -3.65. The molecule has 30 heavy (non-hydrogen) atoms. The zero-order chi connectivity index (χ0) is 22.3. The monoisotopic (exact) mass is 430 g/mol. The van der Waals surface area contributed by atoms with Gasteiger partial charge in [0.1, 0.15) is 5.75 Å². The second-order valence-electron chi connectivity index (χ2n) is 6.89. The number of ether oxygens (including phenoxy) is 1. The van der Waals surface area contributed by atoms with Crippen LogP contribution in [0.5, 0.6) is 5.75 Å². The summed E-state index contributed by atoms with van der Waals surface area (Å²) >= 11 is 0. The lowest BCUT2D eigenvalue weighted by atomic mass is 10.1. The Morgan fingerprint density at radius 1 is 1.10 bits per heavy atom. The second-order valence-corrected chi connectivity index (χ2v) is 8.83. The number of hydrogen-bond acceptors (Lipinski definition) is 4. The van der Waals surface area contributed by atoms with E-state index in [4.69, 9.17) is 4.74 Å². The van der Waals surface area contributed by atoms with E-state index < -0.39 is 10.0 Å². The maximum Gasteiger partial charge on any atom is 0.254 e. The van der Waals surface area contributed by atoms with Gasteiger partial charge in [-0.1, -0.05) is 38.1 Å². The van der Waals surface area contributed by atoms with Crippen molar-refractivity contribution in [3.05, 3.63) is 71.8 Å². The number of carbonyl (C=O) groups is 1. The molecule has 0 atom stereocenters. The molecule has 0 saturated heterocycles. The molecule has 0 bridgehead atoms. The third-order valence-corrected chi connectivity index (χ3v) is 7.00. The van der Waals surface area contributed by atoms with Gasteiger partial charge in [-0.2, -0.15) is 4.31 Å². The molecule has 7 heteroatoms. The average Bonchev–Trinajstić information content (AvgIpc) is 2.74. The van der Waals surface area contributed by atoms with Crippen molar-refractivity contribution >= 4 is 15.9 Å². The quantitative estimate of drug-likeness (QED) is 0.537. The summed E-state index contributed by atoms with van der Waals surface area (Å²) in [5.41, 5.74) is 2.04. The fourth-order valence-electron chi connectivity index (χ4n) is 3.20. The third kappa shape index (κ3) is 5.29. The van der Waals surface area contributed by atoms with Gasteiger partial charge in [0.25, 0.3) is 5.91 Å². The molecule has 1 amide bonds. The van der Waals surface area contributed by atoms with E-state index in [9.17, 15) is 13.2 Å². The summed E-state index contributed by atoms with van der Waals surface area (Å²) in [5, 5.41) is 0. The van der Waals surface area contributed by atoms with Crippen LogP contribution in [0.2, 0.25) is 0 Å². The lowest BCUT2D eigenvalue weighted by Crippen LogP contribution is -2.33. The van der Waals surface area contributed by atoms with Gasteiger partial charge < -0.3 is 9.64 Å². The molecule has 0 heterocycles. The number of methoxy groups -OCH3 is 1. The fraction of sp³-hybridized carbons (Fsp3) is 0.348. The molecule has 6 nitrogen and oxygen atoms in total. The Kier molecular flexibility index (Phi) is 8.20. The van der Waals surface area contributed by atoms with Crippen molar-refractivity contribution in [3.63, 3.8) is 0 Å². The normalized spacial score (nSPS) is 11.4. The average molecular weight is 431 g/mol. The second kappa shape index (κ2) is 10.4. The molecule has 2 rings (SSSR count). The van der Waals surface area contributed by atoms with Crippen LogP contribution in [0.3, 0.4) is 0 Å². The van der Waals surface area contributed by atoms with Gasteiger partial charge >= 0.3 is 0 Å². The third-order valence-electron chi connectivity index (χ3n) is 4.95. The van der Waals surface area contributed by atoms with Crippen molar-refractivity contribution in [2.45, 2.75) is 32.2 Å². The Morgan fingerprint density at radius 3 is 2.27 bits per heavy atom. The number of amides is 1. The van der Waals surface area contributed by atoms with E-state index in [0.29, 0.717) is 31.7 Å². The number of carbonyl (C=O) groups excluding carboxylic acids is 1. The summed E-state index contributed by atoms with van der Waals surface area (Å²) in [5.74, 6) is 0.505. The van der Waals surface area contributed by atoms with Crippen molar-refractivity contribution in [2.24, 2.45) is 0 Å². The smallest absolute Gasteiger partial charge is 0.254 e. The highest BCUT2D eigenvalue weighted by molar-refractivity contribution is 7.89. The number of benzene rings is 2. The molecule has 0 unspecified atom stereocenters. The Morgan fingerprint density at radius 2 is 1.73 bits per heavy atom. The van der Waals surface area contributed by atoms with E-state index in [1.54, 1.807) is 51.0 Å².